The first-order valence-electron chi connectivity index (χ1n) is 6.23. The van der Waals surface area contributed by atoms with Gasteiger partial charge in [-0.2, -0.15) is 0 Å². The lowest BCUT2D eigenvalue weighted by Crippen LogP contribution is -2.16. The van der Waals surface area contributed by atoms with E-state index in [-0.39, 0.29) is 23.0 Å². The molecule has 0 fully saturated rings. The Morgan fingerprint density at radius 3 is 2.52 bits per heavy atom. The Morgan fingerprint density at radius 2 is 1.86 bits per heavy atom. The average molecular weight is 305 g/mol. The minimum Gasteiger partial charge on any atom is -0.508 e. The molecule has 0 heterocycles. The zero-order valence-electron chi connectivity index (χ0n) is 11.4. The maximum atomic E-state index is 12.0. The molecule has 2 aromatic rings. The molecule has 0 saturated carbocycles. The van der Waals surface area contributed by atoms with Crippen molar-refractivity contribution >= 4 is 21.4 Å². The number of hydrogen-bond donors (Lipinski definition) is 2. The van der Waals surface area contributed by atoms with Gasteiger partial charge in [-0.25, -0.2) is 8.42 Å². The topological polar surface area (TPSA) is 83.5 Å². The number of carbonyl (C=O) groups excluding carboxylic acids is 1. The molecule has 0 radical (unpaired) electrons. The van der Waals surface area contributed by atoms with Crippen LogP contribution in [0.1, 0.15) is 5.56 Å². The van der Waals surface area contributed by atoms with Crippen molar-refractivity contribution in [1.82, 2.24) is 0 Å². The molecule has 0 bridgehead atoms. The van der Waals surface area contributed by atoms with Gasteiger partial charge in [0.1, 0.15) is 5.75 Å². The zero-order chi connectivity index (χ0) is 15.5. The van der Waals surface area contributed by atoms with E-state index in [1.165, 1.54) is 18.2 Å². The van der Waals surface area contributed by atoms with Crippen LogP contribution in [0.5, 0.6) is 5.75 Å². The molecule has 2 rings (SSSR count). The smallest absolute Gasteiger partial charge is 0.228 e. The third-order valence-corrected chi connectivity index (χ3v) is 4.05. The Morgan fingerprint density at radius 1 is 1.14 bits per heavy atom. The molecule has 0 saturated heterocycles. The lowest BCUT2D eigenvalue weighted by Gasteiger charge is -2.09. The van der Waals surface area contributed by atoms with Crippen molar-refractivity contribution in [2.24, 2.45) is 0 Å². The van der Waals surface area contributed by atoms with Gasteiger partial charge in [0, 0.05) is 18.0 Å². The number of aromatic hydroxyl groups is 1. The molecule has 21 heavy (non-hydrogen) atoms. The molecule has 0 aliphatic rings. The van der Waals surface area contributed by atoms with E-state index in [1.807, 2.05) is 0 Å². The van der Waals surface area contributed by atoms with Gasteiger partial charge < -0.3 is 10.4 Å². The number of anilines is 1. The van der Waals surface area contributed by atoms with Crippen LogP contribution in [0.4, 0.5) is 5.69 Å². The molecular weight excluding hydrogens is 290 g/mol. The summed E-state index contributed by atoms with van der Waals surface area (Å²) >= 11 is 0. The second-order valence-electron chi connectivity index (χ2n) is 4.66. The molecule has 0 unspecified atom stereocenters. The molecule has 6 heteroatoms. The minimum absolute atomic E-state index is 0.0457. The van der Waals surface area contributed by atoms with E-state index in [9.17, 15) is 18.3 Å². The Bertz CT molecular complexity index is 769. The lowest BCUT2D eigenvalue weighted by atomic mass is 10.1. The molecule has 0 spiro atoms. The summed E-state index contributed by atoms with van der Waals surface area (Å²) in [7, 11) is -3.38. The second-order valence-corrected chi connectivity index (χ2v) is 6.64. The molecule has 0 atom stereocenters. The minimum atomic E-state index is -3.38. The Kier molecular flexibility index (Phi) is 4.28. The van der Waals surface area contributed by atoms with Crippen molar-refractivity contribution in [2.75, 3.05) is 11.6 Å². The number of hydrogen-bond acceptors (Lipinski definition) is 4. The van der Waals surface area contributed by atoms with Crippen LogP contribution in [0, 0.1) is 0 Å². The van der Waals surface area contributed by atoms with Gasteiger partial charge in [0.25, 0.3) is 0 Å². The summed E-state index contributed by atoms with van der Waals surface area (Å²) in [4.78, 5) is 12.1. The van der Waals surface area contributed by atoms with Crippen molar-refractivity contribution in [1.29, 1.82) is 0 Å². The maximum absolute atomic E-state index is 12.0. The summed E-state index contributed by atoms with van der Waals surface area (Å²) < 4.78 is 23.3. The predicted octanol–water partition coefficient (Wildman–Crippen LogP) is 1.98. The van der Waals surface area contributed by atoms with Gasteiger partial charge in [-0.05, 0) is 23.8 Å². The molecule has 2 N–H and O–H groups in total. The van der Waals surface area contributed by atoms with Crippen LogP contribution in [0.15, 0.2) is 53.4 Å². The first-order chi connectivity index (χ1) is 9.86. The summed E-state index contributed by atoms with van der Waals surface area (Å²) in [5, 5.41) is 12.0. The SMILES string of the molecule is CS(=O)(=O)c1ccccc1CC(=O)Nc1cccc(O)c1. The van der Waals surface area contributed by atoms with Crippen LogP contribution in [0.2, 0.25) is 0 Å². The summed E-state index contributed by atoms with van der Waals surface area (Å²) in [6.45, 7) is 0. The number of rotatable bonds is 4. The highest BCUT2D eigenvalue weighted by Crippen LogP contribution is 2.18. The standard InChI is InChI=1S/C15H15NO4S/c1-21(19,20)14-8-3-2-5-11(14)9-15(18)16-12-6-4-7-13(17)10-12/h2-8,10,17H,9H2,1H3,(H,16,18). The van der Waals surface area contributed by atoms with Crippen LogP contribution in [-0.2, 0) is 21.1 Å². The first kappa shape index (κ1) is 15.1. The summed E-state index contributed by atoms with van der Waals surface area (Å²) in [5.41, 5.74) is 0.898. The van der Waals surface area contributed by atoms with Crippen LogP contribution >= 0.6 is 0 Å². The molecule has 5 nitrogen and oxygen atoms in total. The summed E-state index contributed by atoms with van der Waals surface area (Å²) in [6.07, 6.45) is 1.05. The van der Waals surface area contributed by atoms with E-state index in [1.54, 1.807) is 30.3 Å². The van der Waals surface area contributed by atoms with Crippen molar-refractivity contribution < 1.29 is 18.3 Å². The number of phenols is 1. The zero-order valence-corrected chi connectivity index (χ0v) is 12.2. The van der Waals surface area contributed by atoms with E-state index < -0.39 is 9.84 Å². The quantitative estimate of drug-likeness (QED) is 0.904. The van der Waals surface area contributed by atoms with Crippen LogP contribution in [0.3, 0.4) is 0 Å². The van der Waals surface area contributed by atoms with Crippen LogP contribution in [0.25, 0.3) is 0 Å². The number of benzene rings is 2. The van der Waals surface area contributed by atoms with E-state index in [0.717, 1.165) is 6.26 Å². The Balaban J connectivity index is 2.17. The highest BCUT2D eigenvalue weighted by atomic mass is 32.2. The van der Waals surface area contributed by atoms with Gasteiger partial charge in [-0.1, -0.05) is 24.3 Å². The third-order valence-electron chi connectivity index (χ3n) is 2.85. The number of phenolic OH excluding ortho intramolecular Hbond substituents is 1. The fourth-order valence-electron chi connectivity index (χ4n) is 1.97. The fourth-order valence-corrected chi connectivity index (χ4v) is 2.92. The van der Waals surface area contributed by atoms with Gasteiger partial charge in [0.2, 0.25) is 5.91 Å². The first-order valence-corrected chi connectivity index (χ1v) is 8.12. The Hall–Kier alpha value is -2.34. The van der Waals surface area contributed by atoms with E-state index in [0.29, 0.717) is 11.3 Å². The molecule has 2 aromatic carbocycles. The number of amides is 1. The fraction of sp³-hybridized carbons (Fsp3) is 0.133. The summed E-state index contributed by atoms with van der Waals surface area (Å²) in [5.74, 6) is -0.305. The van der Waals surface area contributed by atoms with Crippen molar-refractivity contribution in [3.05, 3.63) is 54.1 Å². The van der Waals surface area contributed by atoms with Crippen molar-refractivity contribution in [2.45, 2.75) is 11.3 Å². The monoisotopic (exact) mass is 305 g/mol. The lowest BCUT2D eigenvalue weighted by molar-refractivity contribution is -0.115. The molecule has 0 aliphatic carbocycles. The summed E-state index contributed by atoms with van der Waals surface area (Å²) in [6, 6.07) is 12.5. The van der Waals surface area contributed by atoms with Gasteiger partial charge >= 0.3 is 0 Å². The van der Waals surface area contributed by atoms with Crippen molar-refractivity contribution in [3.63, 3.8) is 0 Å². The highest BCUT2D eigenvalue weighted by Gasteiger charge is 2.15. The molecule has 0 aromatic heterocycles. The number of nitrogens with one attached hydrogen (secondary N) is 1. The molecule has 1 amide bonds. The number of sulfone groups is 1. The number of carbonyl (C=O) groups is 1. The van der Waals surface area contributed by atoms with Gasteiger partial charge in [0.05, 0.1) is 11.3 Å². The van der Waals surface area contributed by atoms with Crippen LogP contribution in [-0.4, -0.2) is 25.7 Å². The molecular formula is C15H15NO4S. The average Bonchev–Trinajstić information content (AvgIpc) is 2.37. The normalized spacial score (nSPS) is 11.1. The molecule has 110 valence electrons. The van der Waals surface area contributed by atoms with E-state index in [4.69, 9.17) is 0 Å². The van der Waals surface area contributed by atoms with Gasteiger partial charge in [-0.15, -0.1) is 0 Å². The third kappa shape index (κ3) is 4.06. The second kappa shape index (κ2) is 5.97. The predicted molar refractivity (Wildman–Crippen MR) is 80.0 cm³/mol. The van der Waals surface area contributed by atoms with E-state index in [2.05, 4.69) is 5.32 Å². The Labute approximate surface area is 123 Å². The van der Waals surface area contributed by atoms with Crippen molar-refractivity contribution in [3.8, 4) is 5.75 Å². The van der Waals surface area contributed by atoms with Crippen LogP contribution < -0.4 is 5.32 Å². The maximum Gasteiger partial charge on any atom is 0.228 e. The van der Waals surface area contributed by atoms with Gasteiger partial charge in [-0.3, -0.25) is 4.79 Å². The van der Waals surface area contributed by atoms with Gasteiger partial charge in [0.15, 0.2) is 9.84 Å². The largest absolute Gasteiger partial charge is 0.508 e. The molecule has 0 aliphatic heterocycles. The van der Waals surface area contributed by atoms with E-state index >= 15 is 0 Å². The highest BCUT2D eigenvalue weighted by molar-refractivity contribution is 7.90.